The van der Waals surface area contributed by atoms with Crippen LogP contribution < -0.4 is 0 Å². The first-order chi connectivity index (χ1) is 19.7. The summed E-state index contributed by atoms with van der Waals surface area (Å²) in [7, 11) is 0. The highest BCUT2D eigenvalue weighted by Gasteiger charge is 2.35. The number of halogens is 1. The number of rotatable bonds is 7. The molecule has 0 aromatic heterocycles. The maximum atomic E-state index is 13.5. The van der Waals surface area contributed by atoms with Crippen LogP contribution in [-0.2, 0) is 11.3 Å². The zero-order chi connectivity index (χ0) is 29.1. The van der Waals surface area contributed by atoms with Gasteiger partial charge in [0.15, 0.2) is 0 Å². The number of piperidine rings is 1. The molecular weight excluding hydrogens is 521 g/mol. The van der Waals surface area contributed by atoms with E-state index in [0.29, 0.717) is 31.5 Å². The third-order valence-corrected chi connectivity index (χ3v) is 8.56. The van der Waals surface area contributed by atoms with Gasteiger partial charge in [-0.3, -0.25) is 19.4 Å². The van der Waals surface area contributed by atoms with Crippen molar-refractivity contribution >= 4 is 11.9 Å². The molecule has 3 aromatic rings. The lowest BCUT2D eigenvalue weighted by Crippen LogP contribution is -2.56. The Labute approximate surface area is 240 Å². The van der Waals surface area contributed by atoms with Gasteiger partial charge in [-0.15, -0.1) is 0 Å². The first-order valence-electron chi connectivity index (χ1n) is 14.3. The van der Waals surface area contributed by atoms with Gasteiger partial charge in [-0.25, -0.2) is 4.39 Å². The lowest BCUT2D eigenvalue weighted by atomic mass is 9.91. The van der Waals surface area contributed by atoms with E-state index in [-0.39, 0.29) is 35.6 Å². The number of nitrogens with zero attached hydrogens (tertiary/aromatic N) is 3. The number of benzene rings is 3. The molecule has 8 heteroatoms. The van der Waals surface area contributed by atoms with Crippen LogP contribution in [0.3, 0.4) is 0 Å². The standard InChI is InChI=1S/C33H38FN3O4/c1-22-20-37(23(2)19-36(22)21-24-9-11-29(34)12-10-24)31(27-6-4-8-30(38)18-27)26-5-3-7-28(17-26)32(39)35-15-13-25(14-16-35)33(40)41/h3-12,17-18,22-23,25,31,38H,13-16,19-21H2,1-2H3,(H,40,41)/t22-,23+,31-/m1/s1. The quantitative estimate of drug-likeness (QED) is 0.417. The van der Waals surface area contributed by atoms with Gasteiger partial charge >= 0.3 is 5.97 Å². The average molecular weight is 560 g/mol. The molecule has 3 aromatic carbocycles. The Bertz CT molecular complexity index is 1370. The zero-order valence-corrected chi connectivity index (χ0v) is 23.6. The molecule has 2 saturated heterocycles. The summed E-state index contributed by atoms with van der Waals surface area (Å²) < 4.78 is 13.4. The summed E-state index contributed by atoms with van der Waals surface area (Å²) >= 11 is 0. The van der Waals surface area contributed by atoms with Gasteiger partial charge in [0.1, 0.15) is 11.6 Å². The second-order valence-corrected chi connectivity index (χ2v) is 11.5. The minimum Gasteiger partial charge on any atom is -0.508 e. The van der Waals surface area contributed by atoms with Crippen molar-refractivity contribution in [2.45, 2.75) is 51.4 Å². The van der Waals surface area contributed by atoms with E-state index in [1.165, 1.54) is 12.1 Å². The van der Waals surface area contributed by atoms with Gasteiger partial charge in [0.05, 0.1) is 12.0 Å². The fourth-order valence-electron chi connectivity index (χ4n) is 6.25. The van der Waals surface area contributed by atoms with Crippen LogP contribution >= 0.6 is 0 Å². The summed E-state index contributed by atoms with van der Waals surface area (Å²) in [4.78, 5) is 31.4. The second kappa shape index (κ2) is 12.4. The van der Waals surface area contributed by atoms with Gasteiger partial charge in [-0.05, 0) is 79.8 Å². The summed E-state index contributed by atoms with van der Waals surface area (Å²) in [5.74, 6) is -1.33. The number of carbonyl (C=O) groups excluding carboxylic acids is 1. The highest BCUT2D eigenvalue weighted by molar-refractivity contribution is 5.94. The molecular formula is C33H38FN3O4. The Morgan fingerprint density at radius 2 is 1.56 bits per heavy atom. The van der Waals surface area contributed by atoms with Crippen molar-refractivity contribution in [1.29, 1.82) is 0 Å². The fourth-order valence-corrected chi connectivity index (χ4v) is 6.25. The smallest absolute Gasteiger partial charge is 0.306 e. The van der Waals surface area contributed by atoms with Crippen LogP contribution in [0.5, 0.6) is 5.75 Å². The predicted octanol–water partition coefficient (Wildman–Crippen LogP) is 5.15. The van der Waals surface area contributed by atoms with Gasteiger partial charge in [0.2, 0.25) is 0 Å². The van der Waals surface area contributed by atoms with Crippen LogP contribution in [0, 0.1) is 11.7 Å². The van der Waals surface area contributed by atoms with Crippen molar-refractivity contribution in [3.8, 4) is 5.75 Å². The molecule has 2 heterocycles. The van der Waals surface area contributed by atoms with Crippen LogP contribution in [0.2, 0.25) is 0 Å². The van der Waals surface area contributed by atoms with E-state index in [0.717, 1.165) is 36.3 Å². The number of piperazine rings is 1. The van der Waals surface area contributed by atoms with Gasteiger partial charge in [0, 0.05) is 50.4 Å². The second-order valence-electron chi connectivity index (χ2n) is 11.5. The molecule has 3 atom stereocenters. The van der Waals surface area contributed by atoms with Crippen molar-refractivity contribution in [1.82, 2.24) is 14.7 Å². The number of amides is 1. The molecule has 0 aliphatic carbocycles. The van der Waals surface area contributed by atoms with E-state index in [4.69, 9.17) is 0 Å². The summed E-state index contributed by atoms with van der Waals surface area (Å²) in [6, 6.07) is 21.9. The van der Waals surface area contributed by atoms with Crippen molar-refractivity contribution < 1.29 is 24.2 Å². The molecule has 1 amide bonds. The Kier molecular flexibility index (Phi) is 8.71. The van der Waals surface area contributed by atoms with Gasteiger partial charge < -0.3 is 15.1 Å². The number of carbonyl (C=O) groups is 2. The van der Waals surface area contributed by atoms with Crippen molar-refractivity contribution in [3.05, 3.63) is 101 Å². The lowest BCUT2D eigenvalue weighted by Gasteiger charge is -2.47. The monoisotopic (exact) mass is 559 g/mol. The molecule has 2 aliphatic rings. The van der Waals surface area contributed by atoms with Crippen LogP contribution in [0.25, 0.3) is 0 Å². The molecule has 0 radical (unpaired) electrons. The van der Waals surface area contributed by atoms with Gasteiger partial charge in [-0.1, -0.05) is 36.4 Å². The molecule has 7 nitrogen and oxygen atoms in total. The number of aromatic hydroxyl groups is 1. The number of aliphatic carboxylic acids is 1. The number of hydrogen-bond donors (Lipinski definition) is 2. The summed E-state index contributed by atoms with van der Waals surface area (Å²) in [6.45, 7) is 7.57. The van der Waals surface area contributed by atoms with Crippen LogP contribution in [-0.4, -0.2) is 75.1 Å². The third kappa shape index (κ3) is 6.60. The zero-order valence-electron chi connectivity index (χ0n) is 23.6. The first-order valence-corrected chi connectivity index (χ1v) is 14.3. The third-order valence-electron chi connectivity index (χ3n) is 8.56. The molecule has 0 bridgehead atoms. The summed E-state index contributed by atoms with van der Waals surface area (Å²) in [5, 5.41) is 19.7. The van der Waals surface area contributed by atoms with E-state index in [1.54, 1.807) is 17.0 Å². The summed E-state index contributed by atoms with van der Waals surface area (Å²) in [5.41, 5.74) is 3.56. The molecule has 0 unspecified atom stereocenters. The molecule has 2 aliphatic heterocycles. The maximum absolute atomic E-state index is 13.5. The van der Waals surface area contributed by atoms with E-state index < -0.39 is 11.9 Å². The SMILES string of the molecule is C[C@@H]1CN([C@@H](c2cccc(O)c2)c2cccc(C(=O)N3CCC(C(=O)O)CC3)c2)[C@@H](C)CN1Cc1ccc(F)cc1. The highest BCUT2D eigenvalue weighted by atomic mass is 19.1. The molecule has 0 spiro atoms. The minimum atomic E-state index is -0.797. The lowest BCUT2D eigenvalue weighted by molar-refractivity contribution is -0.143. The Hall–Kier alpha value is -3.75. The minimum absolute atomic E-state index is 0.0871. The molecule has 5 rings (SSSR count). The van der Waals surface area contributed by atoms with E-state index in [2.05, 4.69) is 23.6 Å². The van der Waals surface area contributed by atoms with Crippen LogP contribution in [0.1, 0.15) is 59.8 Å². The Morgan fingerprint density at radius 1 is 0.902 bits per heavy atom. The van der Waals surface area contributed by atoms with Crippen LogP contribution in [0.4, 0.5) is 4.39 Å². The van der Waals surface area contributed by atoms with Crippen molar-refractivity contribution in [2.24, 2.45) is 5.92 Å². The van der Waals surface area contributed by atoms with Gasteiger partial charge in [-0.2, -0.15) is 0 Å². The van der Waals surface area contributed by atoms with Gasteiger partial charge in [0.25, 0.3) is 5.91 Å². The maximum Gasteiger partial charge on any atom is 0.306 e. The first kappa shape index (κ1) is 28.8. The predicted molar refractivity (Wildman–Crippen MR) is 155 cm³/mol. The molecule has 41 heavy (non-hydrogen) atoms. The van der Waals surface area contributed by atoms with E-state index in [1.807, 2.05) is 48.5 Å². The van der Waals surface area contributed by atoms with E-state index in [9.17, 15) is 24.2 Å². The van der Waals surface area contributed by atoms with Crippen molar-refractivity contribution in [2.75, 3.05) is 26.2 Å². The average Bonchev–Trinajstić information content (AvgIpc) is 2.97. The molecule has 216 valence electrons. The summed E-state index contributed by atoms with van der Waals surface area (Å²) in [6.07, 6.45) is 0.925. The number of likely N-dealkylation sites (tertiary alicyclic amines) is 1. The Balaban J connectivity index is 1.40. The number of carboxylic acid groups (broad SMARTS) is 1. The fraction of sp³-hybridized carbons (Fsp3) is 0.394. The normalized spacial score (nSPS) is 21.5. The van der Waals surface area contributed by atoms with E-state index >= 15 is 0 Å². The number of carboxylic acids is 1. The topological polar surface area (TPSA) is 84.3 Å². The Morgan fingerprint density at radius 3 is 2.22 bits per heavy atom. The number of hydrogen-bond acceptors (Lipinski definition) is 5. The number of phenolic OH excluding ortho intramolecular Hbond substituents is 1. The number of phenols is 1. The van der Waals surface area contributed by atoms with Crippen LogP contribution in [0.15, 0.2) is 72.8 Å². The highest BCUT2D eigenvalue weighted by Crippen LogP contribution is 2.35. The largest absolute Gasteiger partial charge is 0.508 e. The molecule has 2 N–H and O–H groups in total. The van der Waals surface area contributed by atoms with Crippen molar-refractivity contribution in [3.63, 3.8) is 0 Å². The molecule has 0 saturated carbocycles. The molecule has 2 fully saturated rings.